The van der Waals surface area contributed by atoms with Gasteiger partial charge in [-0.15, -0.1) is 11.3 Å². The van der Waals surface area contributed by atoms with Gasteiger partial charge in [-0.25, -0.2) is 29.1 Å². The molecule has 1 aliphatic carbocycles. The van der Waals surface area contributed by atoms with Crippen molar-refractivity contribution in [2.75, 3.05) is 126 Å². The number of halogens is 3. The number of hydrogen-bond acceptors (Lipinski definition) is 19. The second kappa shape index (κ2) is 31.2. The van der Waals surface area contributed by atoms with Crippen molar-refractivity contribution in [3.05, 3.63) is 105 Å². The normalized spacial score (nSPS) is 17.7. The summed E-state index contributed by atoms with van der Waals surface area (Å²) in [4.78, 5) is 40.2. The van der Waals surface area contributed by atoms with Crippen LogP contribution in [0.4, 0.5) is 4.39 Å². The number of ether oxygens (including phenoxy) is 11. The molecule has 0 N–H and O–H groups in total. The molecule has 466 valence electrons. The Bertz CT molecular complexity index is 3150. The fourth-order valence-electron chi connectivity index (χ4n) is 10.9. The van der Waals surface area contributed by atoms with Crippen molar-refractivity contribution in [3.8, 4) is 44.7 Å². The third-order valence-electron chi connectivity index (χ3n) is 15.4. The fraction of sp³-hybridized carbons (Fsp3) is 0.547. The molecule has 3 aromatic carbocycles. The highest BCUT2D eigenvalue weighted by atomic mass is 35.5. The number of piperazine rings is 1. The molecule has 3 aliphatic heterocycles. The molecule has 0 radical (unpaired) electrons. The van der Waals surface area contributed by atoms with Crippen LogP contribution in [0, 0.1) is 19.7 Å². The highest BCUT2D eigenvalue weighted by molar-refractivity contribution is 7.22. The van der Waals surface area contributed by atoms with Crippen LogP contribution in [0.15, 0.2) is 61.1 Å². The molecule has 2 atom stereocenters. The predicted octanol–water partition coefficient (Wildman–Crippen LogP) is 11.1. The lowest BCUT2D eigenvalue weighted by Gasteiger charge is -2.35. The zero-order chi connectivity index (χ0) is 60.6. The summed E-state index contributed by atoms with van der Waals surface area (Å²) >= 11 is 16.3. The zero-order valence-electron chi connectivity index (χ0n) is 50.5. The molecule has 0 unspecified atom stereocenters. The third-order valence-corrected chi connectivity index (χ3v) is 17.5. The van der Waals surface area contributed by atoms with E-state index in [0.717, 1.165) is 63.2 Å². The van der Waals surface area contributed by atoms with Crippen molar-refractivity contribution in [1.82, 2.24) is 29.7 Å². The smallest absolute Gasteiger partial charge is 0.348 e. The van der Waals surface area contributed by atoms with Crippen LogP contribution < -0.4 is 18.9 Å². The zero-order valence-corrected chi connectivity index (χ0v) is 52.9. The number of nitrogens with zero attached hydrogens (tertiary/aromatic N) is 6. The van der Waals surface area contributed by atoms with Crippen LogP contribution in [0.1, 0.15) is 81.1 Å². The average molecular weight is 1250 g/mol. The first-order valence-corrected chi connectivity index (χ1v) is 31.2. The van der Waals surface area contributed by atoms with Gasteiger partial charge in [-0.05, 0) is 113 Å². The van der Waals surface area contributed by atoms with E-state index in [-0.39, 0.29) is 36.7 Å². The van der Waals surface area contributed by atoms with Crippen molar-refractivity contribution < 1.29 is 61.3 Å². The number of aromatic nitrogens is 4. The Labute approximate surface area is 518 Å². The van der Waals surface area contributed by atoms with Gasteiger partial charge in [0.2, 0.25) is 12.0 Å². The van der Waals surface area contributed by atoms with E-state index >= 15 is 0 Å². The molecule has 4 bridgehead atoms. The monoisotopic (exact) mass is 1250 g/mol. The maximum Gasteiger partial charge on any atom is 0.348 e. The largest absolute Gasteiger partial charge is 0.490 e. The minimum Gasteiger partial charge on any atom is -0.490 e. The SMILES string of the molecule is COCCOCCOCCOCCOCCOCC1(c2nccc(COc3ccc4cc3C[C@H](C(=O)OC(C)(C)C)Oc3ncnc5sc(-c6ccc(F)cc6)c(c35)-c3c(C)c(Cl)c(c(Cl)c3C)O[C@H](CN3CCN(C)CC3)CO4)n2)CCCCC1. The van der Waals surface area contributed by atoms with Gasteiger partial charge < -0.3 is 57.0 Å². The van der Waals surface area contributed by atoms with Crippen LogP contribution in [0.5, 0.6) is 23.1 Å². The summed E-state index contributed by atoms with van der Waals surface area (Å²) < 4.78 is 81.8. The molecular weight excluding hydrogens is 1170 g/mol. The molecule has 18 nitrogen and oxygen atoms in total. The molecule has 86 heavy (non-hydrogen) atoms. The summed E-state index contributed by atoms with van der Waals surface area (Å²) in [6.45, 7) is 18.7. The number of likely N-dealkylation sites (N-methyl/N-ethyl adjacent to an activating group) is 1. The van der Waals surface area contributed by atoms with Gasteiger partial charge in [0.1, 0.15) is 59.2 Å². The Hall–Kier alpha value is -5.36. The van der Waals surface area contributed by atoms with Gasteiger partial charge in [0.05, 0.1) is 99.2 Å². The molecule has 0 amide bonds. The maximum absolute atomic E-state index is 14.8. The van der Waals surface area contributed by atoms with Gasteiger partial charge in [-0.2, -0.15) is 0 Å². The summed E-state index contributed by atoms with van der Waals surface area (Å²) in [7, 11) is 3.76. The molecule has 6 aromatic rings. The van der Waals surface area contributed by atoms with Crippen molar-refractivity contribution in [2.45, 2.75) is 103 Å². The standard InChI is InChI=1S/C64H81Cl2FN6O12S/c1-42-52-43(2)56(66)57(55(42)65)83-49(37-73-23-21-72(6)22-24-73)39-81-48-15-16-50(45(35-48)36-51(61(74)85-63(3,4)5)84-59-54-53(52)58(86-60(54)70-41-69-59)44-11-13-46(67)14-12-44)82-38-47-17-20-68-62(71-47)64(18-9-8-10-19-64)40-80-34-33-79-32-31-78-30-29-77-28-27-76-26-25-75-7/h11-17,20,35,41,49,51H,8-10,18-19,21-34,36-40H2,1-7H3/t49-,51-/m1/s1. The lowest BCUT2D eigenvalue weighted by Crippen LogP contribution is -2.49. The fourth-order valence-corrected chi connectivity index (χ4v) is 12.6. The molecule has 4 aliphatic rings. The number of rotatable bonds is 25. The lowest BCUT2D eigenvalue weighted by atomic mass is 9.74. The molecule has 6 heterocycles. The van der Waals surface area contributed by atoms with Gasteiger partial charge in [-0.3, -0.25) is 4.90 Å². The molecule has 22 heteroatoms. The van der Waals surface area contributed by atoms with Gasteiger partial charge in [0, 0.05) is 68.5 Å². The Balaban J connectivity index is 0.994. The number of esters is 1. The highest BCUT2D eigenvalue weighted by Crippen LogP contribution is 2.53. The van der Waals surface area contributed by atoms with Crippen molar-refractivity contribution in [1.29, 1.82) is 0 Å². The molecule has 1 saturated carbocycles. The first-order chi connectivity index (χ1) is 41.6. The second-order valence-corrected chi connectivity index (χ2v) is 24.8. The molecular formula is C64H81Cl2FN6O12S. The summed E-state index contributed by atoms with van der Waals surface area (Å²) in [6.07, 6.45) is 6.30. The Kier molecular flexibility index (Phi) is 23.6. The average Bonchev–Trinajstić information content (AvgIpc) is 1.83. The van der Waals surface area contributed by atoms with E-state index in [9.17, 15) is 9.18 Å². The van der Waals surface area contributed by atoms with E-state index in [4.69, 9.17) is 95.2 Å². The van der Waals surface area contributed by atoms with Crippen LogP contribution in [-0.4, -0.2) is 180 Å². The van der Waals surface area contributed by atoms with E-state index < -0.39 is 23.8 Å². The highest BCUT2D eigenvalue weighted by Gasteiger charge is 2.38. The molecule has 10 rings (SSSR count). The minimum absolute atomic E-state index is 0.0316. The Morgan fingerprint density at radius 2 is 1.44 bits per heavy atom. The number of carbonyl (C=O) groups excluding carboxylic acids is 1. The van der Waals surface area contributed by atoms with Gasteiger partial charge >= 0.3 is 5.97 Å². The molecule has 3 aromatic heterocycles. The summed E-state index contributed by atoms with van der Waals surface area (Å²) in [5.41, 5.74) is 3.40. The van der Waals surface area contributed by atoms with Crippen LogP contribution in [0.3, 0.4) is 0 Å². The van der Waals surface area contributed by atoms with E-state index in [1.54, 1.807) is 25.4 Å². The molecule has 1 saturated heterocycles. The number of hydrogen-bond donors (Lipinski definition) is 0. The van der Waals surface area contributed by atoms with Crippen molar-refractivity contribution in [3.63, 3.8) is 0 Å². The topological polar surface area (TPSA) is 177 Å². The van der Waals surface area contributed by atoms with Crippen LogP contribution in [0.2, 0.25) is 10.0 Å². The van der Waals surface area contributed by atoms with Crippen LogP contribution in [0.25, 0.3) is 31.8 Å². The Morgan fingerprint density at radius 3 is 2.09 bits per heavy atom. The lowest BCUT2D eigenvalue weighted by molar-refractivity contribution is -0.163. The van der Waals surface area contributed by atoms with Crippen LogP contribution >= 0.6 is 34.5 Å². The molecule has 0 spiro atoms. The minimum atomic E-state index is -1.28. The third kappa shape index (κ3) is 17.3. The van der Waals surface area contributed by atoms with Crippen LogP contribution in [-0.2, 0) is 56.4 Å². The van der Waals surface area contributed by atoms with Crippen molar-refractivity contribution >= 4 is 50.7 Å². The molecule has 2 fully saturated rings. The quantitative estimate of drug-likeness (QED) is 0.0390. The van der Waals surface area contributed by atoms with E-state index in [1.807, 2.05) is 58.9 Å². The number of fused-ring (bicyclic) bond motifs is 7. The van der Waals surface area contributed by atoms with Gasteiger partial charge in [-0.1, -0.05) is 54.6 Å². The summed E-state index contributed by atoms with van der Waals surface area (Å²) in [5.74, 6) is 1.11. The Morgan fingerprint density at radius 1 is 0.791 bits per heavy atom. The van der Waals surface area contributed by atoms with E-state index in [1.165, 1.54) is 29.8 Å². The second-order valence-electron chi connectivity index (χ2n) is 23.0. The summed E-state index contributed by atoms with van der Waals surface area (Å²) in [5, 5.41) is 1.14. The summed E-state index contributed by atoms with van der Waals surface area (Å²) in [6, 6.07) is 13.6. The number of benzene rings is 3. The maximum atomic E-state index is 14.8. The number of thiophene rings is 1. The van der Waals surface area contributed by atoms with Crippen molar-refractivity contribution in [2.24, 2.45) is 0 Å². The number of methoxy groups -OCH3 is 1. The first-order valence-electron chi connectivity index (χ1n) is 29.7. The van der Waals surface area contributed by atoms with Gasteiger partial charge in [0.25, 0.3) is 0 Å². The first kappa shape index (κ1) is 65.1. The van der Waals surface area contributed by atoms with E-state index in [0.29, 0.717) is 162 Å². The van der Waals surface area contributed by atoms with Gasteiger partial charge in [0.15, 0.2) is 5.75 Å². The predicted molar refractivity (Wildman–Crippen MR) is 329 cm³/mol. The van der Waals surface area contributed by atoms with E-state index in [2.05, 4.69) is 16.8 Å². The number of carbonyl (C=O) groups is 1.